The van der Waals surface area contributed by atoms with E-state index < -0.39 is 97.1 Å². The van der Waals surface area contributed by atoms with E-state index in [4.69, 9.17) is 47.4 Å². The van der Waals surface area contributed by atoms with Gasteiger partial charge in [0.1, 0.15) is 43.9 Å². The van der Waals surface area contributed by atoms with Crippen molar-refractivity contribution >= 4 is 87.5 Å². The number of ether oxygens (including phenoxy) is 10. The zero-order chi connectivity index (χ0) is 87.0. The topological polar surface area (TPSA) is 354 Å². The molecular formula is C87H148N4O23S. The summed E-state index contributed by atoms with van der Waals surface area (Å²) in [4.78, 5) is 166. The second-order valence-corrected chi connectivity index (χ2v) is 35.6. The van der Waals surface area contributed by atoms with Crippen molar-refractivity contribution in [2.24, 2.45) is 94.7 Å². The quantitative estimate of drug-likeness (QED) is 0.0289. The van der Waals surface area contributed by atoms with E-state index in [0.717, 1.165) is 43.9 Å². The van der Waals surface area contributed by atoms with Crippen molar-refractivity contribution in [3.05, 3.63) is 0 Å². The van der Waals surface area contributed by atoms with Gasteiger partial charge in [0.15, 0.2) is 36.2 Å². The van der Waals surface area contributed by atoms with Crippen molar-refractivity contribution in [2.45, 2.75) is 337 Å². The normalized spacial score (nSPS) is 27.0. The molecule has 660 valence electrons. The molecule has 27 nitrogen and oxygen atoms in total. The fraction of sp³-hybridized carbons (Fsp3) is 0.851. The first-order valence-electron chi connectivity index (χ1n) is 42.8. The van der Waals surface area contributed by atoms with Crippen molar-refractivity contribution in [1.82, 2.24) is 20.9 Å². The van der Waals surface area contributed by atoms with Crippen LogP contribution in [-0.4, -0.2) is 200 Å². The summed E-state index contributed by atoms with van der Waals surface area (Å²) in [6, 6.07) is -2.62. The molecular weight excluding hydrogens is 1500 g/mol. The second kappa shape index (κ2) is 51.6. The van der Waals surface area contributed by atoms with Gasteiger partial charge in [0.05, 0.1) is 49.5 Å². The highest BCUT2D eigenvalue weighted by Crippen LogP contribution is 2.43. The number of rotatable bonds is 47. The van der Waals surface area contributed by atoms with E-state index in [-0.39, 0.29) is 186 Å². The molecule has 0 saturated carbocycles. The molecule has 0 radical (unpaired) electrons. The fourth-order valence-electron chi connectivity index (χ4n) is 15.2. The molecule has 4 fully saturated rings. The maximum Gasteiger partial charge on any atom is 0.306 e. The summed E-state index contributed by atoms with van der Waals surface area (Å²) in [5.41, 5.74) is 0. The van der Waals surface area contributed by atoms with Gasteiger partial charge in [-0.25, -0.2) is 0 Å². The summed E-state index contributed by atoms with van der Waals surface area (Å²) in [5.74, 6) is -5.60. The lowest BCUT2D eigenvalue weighted by atomic mass is 9.78. The van der Waals surface area contributed by atoms with Crippen LogP contribution < -0.4 is 16.0 Å². The molecule has 4 rings (SSSR count). The molecule has 4 aliphatic rings. The van der Waals surface area contributed by atoms with Crippen LogP contribution >= 0.6 is 11.8 Å². The Morgan fingerprint density at radius 2 is 0.974 bits per heavy atom. The third-order valence-electron chi connectivity index (χ3n) is 24.1. The molecule has 4 saturated heterocycles. The minimum absolute atomic E-state index is 0.00591. The van der Waals surface area contributed by atoms with Crippen molar-refractivity contribution < 1.29 is 110 Å². The lowest BCUT2D eigenvalue weighted by molar-refractivity contribution is -0.352. The number of hydrogen-bond donors (Lipinski definition) is 3. The molecule has 28 heteroatoms. The van der Waals surface area contributed by atoms with Gasteiger partial charge >= 0.3 is 23.9 Å². The maximum absolute atomic E-state index is 13.9. The Balaban J connectivity index is 0.000000986. The summed E-state index contributed by atoms with van der Waals surface area (Å²) in [6.07, 6.45) is 1.62. The van der Waals surface area contributed by atoms with Gasteiger partial charge in [-0.05, 0) is 98.7 Å². The molecule has 115 heavy (non-hydrogen) atoms. The Bertz CT molecular complexity index is 3110. The number of likely N-dealkylation sites (tertiary alicyclic amines) is 1. The third-order valence-corrected chi connectivity index (χ3v) is 25.1. The van der Waals surface area contributed by atoms with Crippen LogP contribution in [0.25, 0.3) is 0 Å². The van der Waals surface area contributed by atoms with Gasteiger partial charge in [-0.15, -0.1) is 0 Å². The SMILES string of the molecule is CCOC(=O)CCSC(=O)[C@@H]1CCCN1C(=O)[C@H](C)CC(=O)[C@H](CC)NC(C)=O.CC[C@H](CC(=O)[C@@H](NC(=O)[C@@H](CC(=O)[C@@H](C)CCCCCCO[C@@H]1OC(COC(C)=O)[C@@H](O[C@@H]2OC(COC(C)=O)[C@H](O[C@H]3OC(COC(C)=O)[C@H](C)[C@H](C)C3C)[C@H](C)C2C)[C@H](C)C1C)C(C)C)C(C)C)C(=O)N[C@H](C(=O)C[C@H](C)C(C)C)C(C)C. The van der Waals surface area contributed by atoms with Crippen molar-refractivity contribution in [3.8, 4) is 0 Å². The molecule has 0 aromatic rings. The Morgan fingerprint density at radius 1 is 0.478 bits per heavy atom. The number of carbonyl (C=O) groups excluding carboxylic acids is 13. The van der Waals surface area contributed by atoms with Gasteiger partial charge in [-0.1, -0.05) is 169 Å². The number of Topliss-reactive ketones (excluding diaryl/α,β-unsaturated/α-hetero) is 4. The Hall–Kier alpha value is -5.78. The standard InChI is InChI=1S/C67H116N2O17.C20H32N2O6S/c1-22-51(63(76)68-59(37(6)7)54(74)29-40(11)35(2)3)30-55(75)60(38(8)9)69-64(77)52(36(4)5)31-53(73)39(10)27-25-23-24-26-28-78-65-46(17)43(14)61(57(83-65)33-80-49(20)71)86-67-47(18)44(15)62(58(84-67)34-81-50(21)72)85-66-45(16)41(12)42(13)56(82-66)32-79-48(19)70;1-5-15(21-14(4)23)17(24)12-13(3)19(26)22-10-7-8-16(22)20(27)29-11-9-18(25)28-6-2/h35-47,51-52,56-62,65-67H,22-34H2,1-21H3,(H,68,76)(H,69,77);13,15-16H,5-12H2,1-4H3,(H,21,23)/t39-,40-,41-,42+,43+,44+,45?,46?,47?,51+,52-,56?,57?,58?,59-,60-,61-,62+,65+,66+,67-;13-,15+,16+/m01/s1. The number of nitrogens with one attached hydrogen (secondary N) is 3. The van der Waals surface area contributed by atoms with Crippen LogP contribution in [0.5, 0.6) is 0 Å². The minimum Gasteiger partial charge on any atom is -0.466 e. The summed E-state index contributed by atoms with van der Waals surface area (Å²) >= 11 is 1.04. The Labute approximate surface area is 691 Å². The first kappa shape index (κ1) is 103. The maximum atomic E-state index is 13.9. The van der Waals surface area contributed by atoms with Gasteiger partial charge in [-0.3, -0.25) is 62.3 Å². The molecule has 0 bridgehead atoms. The first-order valence-corrected chi connectivity index (χ1v) is 43.8. The van der Waals surface area contributed by atoms with E-state index in [2.05, 4.69) is 64.4 Å². The van der Waals surface area contributed by atoms with E-state index in [1.54, 1.807) is 25.7 Å². The van der Waals surface area contributed by atoms with Crippen molar-refractivity contribution in [2.75, 3.05) is 45.3 Å². The highest BCUT2D eigenvalue weighted by molar-refractivity contribution is 8.13. The lowest BCUT2D eigenvalue weighted by Crippen LogP contribution is -2.59. The number of amides is 4. The largest absolute Gasteiger partial charge is 0.466 e. The van der Waals surface area contributed by atoms with Gasteiger partial charge in [0, 0.05) is 114 Å². The fourth-order valence-corrected chi connectivity index (χ4v) is 16.1. The molecule has 24 atom stereocenters. The number of carbonyl (C=O) groups is 13. The zero-order valence-corrected chi connectivity index (χ0v) is 75.1. The molecule has 6 unspecified atom stereocenters. The molecule has 0 aromatic heterocycles. The number of hydrogen-bond acceptors (Lipinski definition) is 24. The second-order valence-electron chi connectivity index (χ2n) is 34.5. The molecule has 0 aliphatic carbocycles. The van der Waals surface area contributed by atoms with Crippen LogP contribution in [0.2, 0.25) is 0 Å². The highest BCUT2D eigenvalue weighted by atomic mass is 32.2. The highest BCUT2D eigenvalue weighted by Gasteiger charge is 2.52. The molecule has 0 aromatic carbocycles. The number of unbranched alkanes of at least 4 members (excludes halogenated alkanes) is 3. The predicted molar refractivity (Wildman–Crippen MR) is 437 cm³/mol. The van der Waals surface area contributed by atoms with E-state index in [9.17, 15) is 62.3 Å². The summed E-state index contributed by atoms with van der Waals surface area (Å²) < 4.78 is 61.1. The number of nitrogens with zero attached hydrogens (tertiary/aromatic N) is 1. The summed E-state index contributed by atoms with van der Waals surface area (Å²) in [7, 11) is 0. The average Bonchev–Trinajstić information content (AvgIpc) is 1.65. The third kappa shape index (κ3) is 33.7. The number of thioether (sulfide) groups is 1. The number of esters is 4. The van der Waals surface area contributed by atoms with Gasteiger partial charge in [0.25, 0.3) is 0 Å². The monoisotopic (exact) mass is 1650 g/mol. The van der Waals surface area contributed by atoms with E-state index in [1.165, 1.54) is 27.7 Å². The van der Waals surface area contributed by atoms with Crippen LogP contribution in [0, 0.1) is 94.7 Å². The van der Waals surface area contributed by atoms with Crippen LogP contribution in [0.15, 0.2) is 0 Å². The molecule has 0 spiro atoms. The molecule has 4 heterocycles. The first-order chi connectivity index (χ1) is 53.9. The number of ketones is 4. The van der Waals surface area contributed by atoms with Gasteiger partial charge in [0.2, 0.25) is 28.7 Å². The smallest absolute Gasteiger partial charge is 0.306 e. The van der Waals surface area contributed by atoms with Gasteiger partial charge in [-0.2, -0.15) is 0 Å². The Morgan fingerprint density at radius 3 is 1.47 bits per heavy atom. The van der Waals surface area contributed by atoms with Crippen LogP contribution in [-0.2, 0) is 110 Å². The van der Waals surface area contributed by atoms with Crippen molar-refractivity contribution in [3.63, 3.8) is 0 Å². The molecule has 4 amide bonds. The van der Waals surface area contributed by atoms with Crippen molar-refractivity contribution in [1.29, 1.82) is 0 Å². The minimum atomic E-state index is -0.847. The summed E-state index contributed by atoms with van der Waals surface area (Å²) in [6.45, 7) is 47.5. The van der Waals surface area contributed by atoms with E-state index in [0.29, 0.717) is 63.5 Å². The average molecular weight is 1650 g/mol. The van der Waals surface area contributed by atoms with Crippen LogP contribution in [0.4, 0.5) is 0 Å². The van der Waals surface area contributed by atoms with Gasteiger partial charge < -0.3 is 68.2 Å². The zero-order valence-electron chi connectivity index (χ0n) is 74.3. The van der Waals surface area contributed by atoms with E-state index >= 15 is 0 Å². The van der Waals surface area contributed by atoms with E-state index in [1.807, 2.05) is 76.2 Å². The van der Waals surface area contributed by atoms with Crippen LogP contribution in [0.1, 0.15) is 263 Å². The van der Waals surface area contributed by atoms with Crippen LogP contribution in [0.3, 0.4) is 0 Å². The summed E-state index contributed by atoms with van der Waals surface area (Å²) in [5, 5.41) is 8.40. The molecule has 3 N–H and O–H groups in total. The lowest BCUT2D eigenvalue weighted by Gasteiger charge is -2.50. The molecule has 4 aliphatic heterocycles. The predicted octanol–water partition coefficient (Wildman–Crippen LogP) is 12.1. The Kier molecular flexibility index (Phi) is 46.4.